The number of esters is 1. The van der Waals surface area contributed by atoms with Crippen molar-refractivity contribution in [2.24, 2.45) is 0 Å². The molecule has 0 spiro atoms. The first kappa shape index (κ1) is 18.5. The highest BCUT2D eigenvalue weighted by molar-refractivity contribution is 5.80. The predicted molar refractivity (Wildman–Crippen MR) is 95.3 cm³/mol. The lowest BCUT2D eigenvalue weighted by molar-refractivity contribution is -0.149. The molecule has 2 rings (SSSR count). The summed E-state index contributed by atoms with van der Waals surface area (Å²) in [6.07, 6.45) is 0.0962. The number of rotatable bonds is 8. The second kappa shape index (κ2) is 9.47. The van der Waals surface area contributed by atoms with E-state index in [4.69, 9.17) is 9.47 Å². The van der Waals surface area contributed by atoms with Gasteiger partial charge in [0.25, 0.3) is 5.91 Å². The van der Waals surface area contributed by atoms with Gasteiger partial charge in [-0.15, -0.1) is 0 Å². The third-order valence-corrected chi connectivity index (χ3v) is 3.70. The summed E-state index contributed by atoms with van der Waals surface area (Å²) in [6.45, 7) is 4.32. The quantitative estimate of drug-likeness (QED) is 0.750. The molecule has 132 valence electrons. The van der Waals surface area contributed by atoms with E-state index in [1.165, 1.54) is 0 Å². The van der Waals surface area contributed by atoms with E-state index in [0.717, 1.165) is 16.7 Å². The number of aryl methyl sites for hydroxylation is 2. The van der Waals surface area contributed by atoms with Crippen molar-refractivity contribution in [2.75, 3.05) is 13.2 Å². The van der Waals surface area contributed by atoms with Crippen LogP contribution in [0, 0.1) is 13.8 Å². The van der Waals surface area contributed by atoms with Crippen LogP contribution in [0.1, 0.15) is 23.1 Å². The van der Waals surface area contributed by atoms with Crippen LogP contribution in [-0.4, -0.2) is 25.1 Å². The Morgan fingerprint density at radius 2 is 1.72 bits per heavy atom. The molecule has 0 saturated heterocycles. The molecule has 0 aliphatic carbocycles. The van der Waals surface area contributed by atoms with Crippen LogP contribution in [-0.2, 0) is 20.9 Å². The number of hydrogen-bond acceptors (Lipinski definition) is 4. The summed E-state index contributed by atoms with van der Waals surface area (Å²) in [5, 5.41) is 2.73. The van der Waals surface area contributed by atoms with E-state index in [1.54, 1.807) is 0 Å². The monoisotopic (exact) mass is 341 g/mol. The lowest BCUT2D eigenvalue weighted by atomic mass is 10.1. The Morgan fingerprint density at radius 1 is 1.00 bits per heavy atom. The third kappa shape index (κ3) is 6.67. The van der Waals surface area contributed by atoms with E-state index in [-0.39, 0.29) is 25.5 Å². The van der Waals surface area contributed by atoms with Crippen molar-refractivity contribution < 1.29 is 19.1 Å². The molecule has 0 bridgehead atoms. The summed E-state index contributed by atoms with van der Waals surface area (Å²) < 4.78 is 10.4. The molecule has 2 aromatic rings. The smallest absolute Gasteiger partial charge is 0.309 e. The Bertz CT molecular complexity index is 710. The second-order valence-corrected chi connectivity index (χ2v) is 5.78. The zero-order valence-corrected chi connectivity index (χ0v) is 14.6. The lowest BCUT2D eigenvalue weighted by Crippen LogP contribution is -2.28. The molecule has 1 amide bonds. The SMILES string of the molecule is Cc1ccc(OCCC(=O)OCC(=O)NCc2ccccc2C)cc1. The molecule has 0 fully saturated rings. The van der Waals surface area contributed by atoms with Crippen molar-refractivity contribution in [3.05, 3.63) is 65.2 Å². The summed E-state index contributed by atoms with van der Waals surface area (Å²) >= 11 is 0. The highest BCUT2D eigenvalue weighted by Crippen LogP contribution is 2.11. The summed E-state index contributed by atoms with van der Waals surface area (Å²) in [5.74, 6) is -0.0800. The topological polar surface area (TPSA) is 64.6 Å². The molecule has 0 atom stereocenters. The molecule has 0 aliphatic rings. The van der Waals surface area contributed by atoms with Crippen LogP contribution in [0.5, 0.6) is 5.75 Å². The third-order valence-electron chi connectivity index (χ3n) is 3.70. The maximum atomic E-state index is 11.7. The maximum Gasteiger partial charge on any atom is 0.309 e. The van der Waals surface area contributed by atoms with Gasteiger partial charge < -0.3 is 14.8 Å². The Kier molecular flexibility index (Phi) is 7.01. The van der Waals surface area contributed by atoms with Crippen molar-refractivity contribution in [2.45, 2.75) is 26.8 Å². The van der Waals surface area contributed by atoms with E-state index >= 15 is 0 Å². The molecule has 0 heterocycles. The van der Waals surface area contributed by atoms with Gasteiger partial charge in [0.2, 0.25) is 0 Å². The number of carbonyl (C=O) groups excluding carboxylic acids is 2. The summed E-state index contributed by atoms with van der Waals surface area (Å²) in [4.78, 5) is 23.4. The minimum atomic E-state index is -0.460. The average Bonchev–Trinajstić information content (AvgIpc) is 2.61. The molecule has 0 aliphatic heterocycles. The number of benzene rings is 2. The Hall–Kier alpha value is -2.82. The number of nitrogens with one attached hydrogen (secondary N) is 1. The molecule has 2 aromatic carbocycles. The van der Waals surface area contributed by atoms with Crippen LogP contribution in [0.3, 0.4) is 0 Å². The fraction of sp³-hybridized carbons (Fsp3) is 0.300. The van der Waals surface area contributed by atoms with Gasteiger partial charge in [0.1, 0.15) is 5.75 Å². The van der Waals surface area contributed by atoms with Gasteiger partial charge in [-0.1, -0.05) is 42.0 Å². The molecule has 0 radical (unpaired) electrons. The minimum Gasteiger partial charge on any atom is -0.493 e. The normalized spacial score (nSPS) is 10.2. The van der Waals surface area contributed by atoms with Crippen molar-refractivity contribution in [3.63, 3.8) is 0 Å². The fourth-order valence-corrected chi connectivity index (χ4v) is 2.16. The Labute approximate surface area is 148 Å². The summed E-state index contributed by atoms with van der Waals surface area (Å²) in [5.41, 5.74) is 3.28. The van der Waals surface area contributed by atoms with E-state index in [2.05, 4.69) is 5.32 Å². The lowest BCUT2D eigenvalue weighted by Gasteiger charge is -2.09. The van der Waals surface area contributed by atoms with E-state index < -0.39 is 5.97 Å². The first-order chi connectivity index (χ1) is 12.0. The van der Waals surface area contributed by atoms with Crippen LogP contribution in [0.15, 0.2) is 48.5 Å². The number of carbonyl (C=O) groups is 2. The predicted octanol–water partition coefficient (Wildman–Crippen LogP) is 2.93. The van der Waals surface area contributed by atoms with Crippen LogP contribution < -0.4 is 10.1 Å². The van der Waals surface area contributed by atoms with E-state index in [9.17, 15) is 9.59 Å². The van der Waals surface area contributed by atoms with Crippen molar-refractivity contribution in [3.8, 4) is 5.75 Å². The standard InChI is InChI=1S/C20H23NO4/c1-15-7-9-18(10-8-15)24-12-11-20(23)25-14-19(22)21-13-17-6-4-3-5-16(17)2/h3-10H,11-14H2,1-2H3,(H,21,22). The van der Waals surface area contributed by atoms with Gasteiger partial charge in [-0.05, 0) is 37.1 Å². The number of ether oxygens (including phenoxy) is 2. The van der Waals surface area contributed by atoms with Crippen LogP contribution in [0.2, 0.25) is 0 Å². The Morgan fingerprint density at radius 3 is 2.44 bits per heavy atom. The molecular weight excluding hydrogens is 318 g/mol. The molecule has 0 saturated carbocycles. The molecule has 0 aromatic heterocycles. The van der Waals surface area contributed by atoms with E-state index in [1.807, 2.05) is 62.4 Å². The van der Waals surface area contributed by atoms with Gasteiger partial charge in [-0.3, -0.25) is 9.59 Å². The molecule has 5 heteroatoms. The Balaban J connectivity index is 1.61. The second-order valence-electron chi connectivity index (χ2n) is 5.78. The molecular formula is C20H23NO4. The van der Waals surface area contributed by atoms with Gasteiger partial charge in [-0.2, -0.15) is 0 Å². The first-order valence-electron chi connectivity index (χ1n) is 8.21. The van der Waals surface area contributed by atoms with Gasteiger partial charge in [0.15, 0.2) is 6.61 Å². The number of amides is 1. The summed E-state index contributed by atoms with van der Waals surface area (Å²) in [6, 6.07) is 15.4. The zero-order chi connectivity index (χ0) is 18.1. The van der Waals surface area contributed by atoms with Gasteiger partial charge in [-0.25, -0.2) is 0 Å². The van der Waals surface area contributed by atoms with E-state index in [0.29, 0.717) is 12.3 Å². The van der Waals surface area contributed by atoms with Crippen molar-refractivity contribution in [1.29, 1.82) is 0 Å². The van der Waals surface area contributed by atoms with Gasteiger partial charge in [0, 0.05) is 6.54 Å². The summed E-state index contributed by atoms with van der Waals surface area (Å²) in [7, 11) is 0. The molecule has 0 unspecified atom stereocenters. The van der Waals surface area contributed by atoms with Gasteiger partial charge >= 0.3 is 5.97 Å². The number of hydrogen-bond donors (Lipinski definition) is 1. The fourth-order valence-electron chi connectivity index (χ4n) is 2.16. The van der Waals surface area contributed by atoms with Crippen LogP contribution >= 0.6 is 0 Å². The zero-order valence-electron chi connectivity index (χ0n) is 14.6. The largest absolute Gasteiger partial charge is 0.493 e. The van der Waals surface area contributed by atoms with Crippen molar-refractivity contribution >= 4 is 11.9 Å². The van der Waals surface area contributed by atoms with Gasteiger partial charge in [0.05, 0.1) is 13.0 Å². The van der Waals surface area contributed by atoms with Crippen molar-refractivity contribution in [1.82, 2.24) is 5.32 Å². The molecule has 5 nitrogen and oxygen atoms in total. The highest BCUT2D eigenvalue weighted by Gasteiger charge is 2.08. The van der Waals surface area contributed by atoms with Crippen LogP contribution in [0.4, 0.5) is 0 Å². The van der Waals surface area contributed by atoms with Crippen LogP contribution in [0.25, 0.3) is 0 Å². The molecule has 1 N–H and O–H groups in total. The first-order valence-corrected chi connectivity index (χ1v) is 8.21. The average molecular weight is 341 g/mol. The highest BCUT2D eigenvalue weighted by atomic mass is 16.5. The molecule has 25 heavy (non-hydrogen) atoms. The minimum absolute atomic E-state index is 0.0962. The maximum absolute atomic E-state index is 11.7.